The molecule has 1 aliphatic heterocycles. The molecule has 1 unspecified atom stereocenters. The molecule has 1 aliphatic rings. The Bertz CT molecular complexity index is 512. The van der Waals surface area contributed by atoms with Crippen molar-refractivity contribution in [3.05, 3.63) is 29.3 Å². The predicted octanol–water partition coefficient (Wildman–Crippen LogP) is 2.49. The maximum absolute atomic E-state index is 11.9. The van der Waals surface area contributed by atoms with E-state index in [-0.39, 0.29) is 6.42 Å². The number of benzene rings is 1. The molecule has 0 spiro atoms. The van der Waals surface area contributed by atoms with E-state index >= 15 is 0 Å². The molecule has 1 aromatic rings. The summed E-state index contributed by atoms with van der Waals surface area (Å²) in [6, 6.07) is 5.84. The third-order valence-electron chi connectivity index (χ3n) is 3.21. The highest BCUT2D eigenvalue weighted by atomic mass is 16.6. The minimum absolute atomic E-state index is 0.132. The molecule has 19 heavy (non-hydrogen) atoms. The Morgan fingerprint density at radius 3 is 2.79 bits per heavy atom. The second kappa shape index (κ2) is 5.30. The Morgan fingerprint density at radius 2 is 2.21 bits per heavy atom. The monoisotopic (exact) mass is 263 g/mol. The minimum Gasteiger partial charge on any atom is -0.481 e. The quantitative estimate of drug-likeness (QED) is 0.909. The van der Waals surface area contributed by atoms with Crippen LogP contribution in [0.2, 0.25) is 0 Å². The van der Waals surface area contributed by atoms with Gasteiger partial charge in [0.15, 0.2) is 0 Å². The first-order valence-corrected chi connectivity index (χ1v) is 6.24. The fourth-order valence-corrected chi connectivity index (χ4v) is 2.30. The van der Waals surface area contributed by atoms with E-state index in [4.69, 9.17) is 9.84 Å². The molecule has 2 rings (SSSR count). The number of hydrogen-bond acceptors (Lipinski definition) is 3. The van der Waals surface area contributed by atoms with Crippen LogP contribution in [0.15, 0.2) is 18.2 Å². The third kappa shape index (κ3) is 3.05. The normalized spacial score (nSPS) is 19.2. The zero-order valence-electron chi connectivity index (χ0n) is 11.0. The highest BCUT2D eigenvalue weighted by molar-refractivity contribution is 5.89. The van der Waals surface area contributed by atoms with E-state index in [1.165, 1.54) is 0 Å². The number of carboxylic acid groups (broad SMARTS) is 1. The van der Waals surface area contributed by atoms with Crippen LogP contribution in [0.3, 0.4) is 0 Å². The lowest BCUT2D eigenvalue weighted by atomic mass is 10.1. The fourth-order valence-electron chi connectivity index (χ4n) is 2.30. The van der Waals surface area contributed by atoms with Crippen molar-refractivity contribution in [2.45, 2.75) is 32.8 Å². The van der Waals surface area contributed by atoms with Gasteiger partial charge in [-0.2, -0.15) is 0 Å². The summed E-state index contributed by atoms with van der Waals surface area (Å²) < 4.78 is 5.16. The molecular weight excluding hydrogens is 246 g/mol. The smallest absolute Gasteiger partial charge is 0.414 e. The van der Waals surface area contributed by atoms with E-state index in [2.05, 4.69) is 0 Å². The molecule has 102 valence electrons. The van der Waals surface area contributed by atoms with Crippen molar-refractivity contribution in [1.29, 1.82) is 0 Å². The number of rotatable bonds is 3. The topological polar surface area (TPSA) is 66.8 Å². The Labute approximate surface area is 111 Å². The van der Waals surface area contributed by atoms with Gasteiger partial charge < -0.3 is 9.84 Å². The second-order valence-electron chi connectivity index (χ2n) is 4.83. The lowest BCUT2D eigenvalue weighted by Gasteiger charge is -2.32. The molecule has 5 nitrogen and oxygen atoms in total. The lowest BCUT2D eigenvalue weighted by Crippen LogP contribution is -2.43. The number of carboxylic acids is 1. The fraction of sp³-hybridized carbons (Fsp3) is 0.429. The van der Waals surface area contributed by atoms with E-state index in [9.17, 15) is 9.59 Å². The summed E-state index contributed by atoms with van der Waals surface area (Å²) >= 11 is 0. The molecular formula is C14H17NO4. The molecule has 0 radical (unpaired) electrons. The second-order valence-corrected chi connectivity index (χ2v) is 4.83. The van der Waals surface area contributed by atoms with Crippen LogP contribution in [-0.2, 0) is 9.53 Å². The van der Waals surface area contributed by atoms with Crippen molar-refractivity contribution in [3.8, 4) is 0 Å². The van der Waals surface area contributed by atoms with E-state index in [1.807, 2.05) is 32.0 Å². The highest BCUT2D eigenvalue weighted by Crippen LogP contribution is 2.26. The van der Waals surface area contributed by atoms with Gasteiger partial charge >= 0.3 is 12.1 Å². The van der Waals surface area contributed by atoms with E-state index in [0.29, 0.717) is 13.0 Å². The van der Waals surface area contributed by atoms with Crippen molar-refractivity contribution in [1.82, 2.24) is 0 Å². The van der Waals surface area contributed by atoms with Gasteiger partial charge in [0.1, 0.15) is 6.10 Å². The van der Waals surface area contributed by atoms with Gasteiger partial charge in [-0.3, -0.25) is 9.69 Å². The van der Waals surface area contributed by atoms with Crippen LogP contribution >= 0.6 is 0 Å². The molecule has 1 fully saturated rings. The number of anilines is 1. The first kappa shape index (κ1) is 13.4. The van der Waals surface area contributed by atoms with Gasteiger partial charge in [0.2, 0.25) is 0 Å². The lowest BCUT2D eigenvalue weighted by molar-refractivity contribution is -0.139. The van der Waals surface area contributed by atoms with Crippen molar-refractivity contribution in [2.75, 3.05) is 11.4 Å². The first-order chi connectivity index (χ1) is 8.97. The van der Waals surface area contributed by atoms with Gasteiger partial charge in [-0.15, -0.1) is 0 Å². The zero-order valence-corrected chi connectivity index (χ0v) is 11.0. The van der Waals surface area contributed by atoms with Gasteiger partial charge in [0.05, 0.1) is 6.42 Å². The number of aliphatic carboxylic acids is 1. The van der Waals surface area contributed by atoms with Crippen LogP contribution in [-0.4, -0.2) is 29.8 Å². The Kier molecular flexibility index (Phi) is 3.74. The standard InChI is InChI=1S/C14H17NO4/c1-9-3-4-12(10(2)7-9)15-6-5-11(8-13(16)17)19-14(15)18/h3-4,7,11H,5-6,8H2,1-2H3,(H,16,17). The number of ether oxygens (including phenoxy) is 1. The van der Waals surface area contributed by atoms with Crippen LogP contribution in [0, 0.1) is 13.8 Å². The molecule has 0 aromatic heterocycles. The van der Waals surface area contributed by atoms with E-state index in [0.717, 1.165) is 16.8 Å². The molecule has 1 N–H and O–H groups in total. The molecule has 0 aliphatic carbocycles. The number of amides is 1. The predicted molar refractivity (Wildman–Crippen MR) is 70.4 cm³/mol. The zero-order chi connectivity index (χ0) is 14.0. The molecule has 1 heterocycles. The molecule has 5 heteroatoms. The highest BCUT2D eigenvalue weighted by Gasteiger charge is 2.30. The van der Waals surface area contributed by atoms with Crippen molar-refractivity contribution < 1.29 is 19.4 Å². The average Bonchev–Trinajstić information content (AvgIpc) is 2.30. The average molecular weight is 263 g/mol. The van der Waals surface area contributed by atoms with E-state index < -0.39 is 18.2 Å². The van der Waals surface area contributed by atoms with Gasteiger partial charge in [-0.1, -0.05) is 17.7 Å². The Hall–Kier alpha value is -2.04. The van der Waals surface area contributed by atoms with Gasteiger partial charge in [-0.25, -0.2) is 4.79 Å². The molecule has 0 saturated carbocycles. The number of hydrogen-bond donors (Lipinski definition) is 1. The maximum atomic E-state index is 11.9. The van der Waals surface area contributed by atoms with Crippen LogP contribution in [0.1, 0.15) is 24.0 Å². The summed E-state index contributed by atoms with van der Waals surface area (Å²) in [5, 5.41) is 8.70. The number of aryl methyl sites for hydroxylation is 2. The molecule has 1 amide bonds. The molecule has 1 saturated heterocycles. The van der Waals surface area contributed by atoms with Crippen LogP contribution in [0.4, 0.5) is 10.5 Å². The summed E-state index contributed by atoms with van der Waals surface area (Å²) in [6.45, 7) is 4.42. The molecule has 0 bridgehead atoms. The largest absolute Gasteiger partial charge is 0.481 e. The Morgan fingerprint density at radius 1 is 1.47 bits per heavy atom. The van der Waals surface area contributed by atoms with Crippen molar-refractivity contribution in [3.63, 3.8) is 0 Å². The SMILES string of the molecule is Cc1ccc(N2CCC(CC(=O)O)OC2=O)c(C)c1. The summed E-state index contributed by atoms with van der Waals surface area (Å²) in [7, 11) is 0. The van der Waals surface area contributed by atoms with Crippen LogP contribution in [0.25, 0.3) is 0 Å². The summed E-state index contributed by atoms with van der Waals surface area (Å²) in [4.78, 5) is 24.1. The van der Waals surface area contributed by atoms with E-state index in [1.54, 1.807) is 4.90 Å². The summed E-state index contributed by atoms with van der Waals surface area (Å²) in [5.41, 5.74) is 2.97. The summed E-state index contributed by atoms with van der Waals surface area (Å²) in [5.74, 6) is -0.947. The Balaban J connectivity index is 2.11. The third-order valence-corrected chi connectivity index (χ3v) is 3.21. The number of carbonyl (C=O) groups excluding carboxylic acids is 1. The van der Waals surface area contributed by atoms with Gasteiger partial charge in [0.25, 0.3) is 0 Å². The minimum atomic E-state index is -0.947. The molecule has 1 aromatic carbocycles. The number of carbonyl (C=O) groups is 2. The maximum Gasteiger partial charge on any atom is 0.414 e. The van der Waals surface area contributed by atoms with Gasteiger partial charge in [-0.05, 0) is 25.5 Å². The van der Waals surface area contributed by atoms with Crippen molar-refractivity contribution in [2.24, 2.45) is 0 Å². The summed E-state index contributed by atoms with van der Waals surface area (Å²) in [6.07, 6.45) is -0.589. The van der Waals surface area contributed by atoms with Crippen LogP contribution in [0.5, 0.6) is 0 Å². The van der Waals surface area contributed by atoms with Gasteiger partial charge in [0, 0.05) is 18.7 Å². The number of cyclic esters (lactones) is 1. The number of nitrogens with zero attached hydrogens (tertiary/aromatic N) is 1. The van der Waals surface area contributed by atoms with Crippen molar-refractivity contribution >= 4 is 17.7 Å². The van der Waals surface area contributed by atoms with Crippen LogP contribution < -0.4 is 4.90 Å². The first-order valence-electron chi connectivity index (χ1n) is 6.24. The molecule has 1 atom stereocenters.